The largest absolute Gasteiger partial charge is 0.489 e. The van der Waals surface area contributed by atoms with Gasteiger partial charge in [-0.1, -0.05) is 95.2 Å². The number of amides is 1. The molecule has 0 spiro atoms. The van der Waals surface area contributed by atoms with Crippen molar-refractivity contribution in [1.29, 1.82) is 0 Å². The molecule has 6 heterocycles. The molecule has 0 unspecified atom stereocenters. The van der Waals surface area contributed by atoms with Crippen LogP contribution in [0.25, 0.3) is 11.4 Å². The van der Waals surface area contributed by atoms with Gasteiger partial charge >= 0.3 is 5.97 Å². The van der Waals surface area contributed by atoms with Crippen LogP contribution >= 0.6 is 0 Å². The van der Waals surface area contributed by atoms with Gasteiger partial charge in [0.15, 0.2) is 11.4 Å². The Kier molecular flexibility index (Phi) is 11.3. The Bertz CT molecular complexity index is 2650. The molecular formula is C44H38N8O7. The van der Waals surface area contributed by atoms with E-state index in [1.165, 1.54) is 6.07 Å². The van der Waals surface area contributed by atoms with Crippen LogP contribution in [0.1, 0.15) is 67.4 Å². The first-order valence-corrected chi connectivity index (χ1v) is 18.7. The second kappa shape index (κ2) is 17.6. The first-order chi connectivity index (χ1) is 28.9. The van der Waals surface area contributed by atoms with Gasteiger partial charge in [0.05, 0.1) is 17.4 Å². The topological polar surface area (TPSA) is 199 Å². The number of carboxylic acids is 1. The molecule has 0 radical (unpaired) electrons. The van der Waals surface area contributed by atoms with Gasteiger partial charge in [-0.3, -0.25) is 13.9 Å². The number of nitrogens with two attached hydrogens (primary N) is 1. The number of imidazole rings is 2. The predicted octanol–water partition coefficient (Wildman–Crippen LogP) is 6.54. The van der Waals surface area contributed by atoms with Gasteiger partial charge in [-0.25, -0.2) is 14.8 Å². The molecule has 2 aliphatic rings. The Morgan fingerprint density at radius 3 is 1.73 bits per heavy atom. The highest BCUT2D eigenvalue weighted by Gasteiger charge is 2.27. The van der Waals surface area contributed by atoms with Crippen LogP contribution in [0.5, 0.6) is 11.5 Å². The van der Waals surface area contributed by atoms with Gasteiger partial charge in [0.2, 0.25) is 0 Å². The summed E-state index contributed by atoms with van der Waals surface area (Å²) in [5, 5.41) is 19.0. The molecule has 2 atom stereocenters. The summed E-state index contributed by atoms with van der Waals surface area (Å²) in [6, 6.07) is 37.6. The van der Waals surface area contributed by atoms with Crippen molar-refractivity contribution in [2.75, 3.05) is 13.2 Å². The van der Waals surface area contributed by atoms with Gasteiger partial charge in [0.1, 0.15) is 53.9 Å². The number of carbonyl (C=O) groups excluding carboxylic acids is 1. The summed E-state index contributed by atoms with van der Waals surface area (Å²) in [7, 11) is 0. The molecule has 0 aliphatic carbocycles. The highest BCUT2D eigenvalue weighted by atomic mass is 16.5. The second-order valence-electron chi connectivity index (χ2n) is 13.5. The fourth-order valence-electron chi connectivity index (χ4n) is 6.56. The summed E-state index contributed by atoms with van der Waals surface area (Å²) in [4.78, 5) is 32.0. The number of para-hydroxylation sites is 4. The minimum Gasteiger partial charge on any atom is -0.489 e. The molecule has 0 saturated heterocycles. The molecule has 1 amide bonds. The lowest BCUT2D eigenvalue weighted by molar-refractivity contribution is 0.0685. The number of nitrogens with one attached hydrogen (secondary N) is 1. The maximum Gasteiger partial charge on any atom is 0.358 e. The lowest BCUT2D eigenvalue weighted by Gasteiger charge is -2.15. The van der Waals surface area contributed by atoms with E-state index in [1.54, 1.807) is 18.5 Å². The lowest BCUT2D eigenvalue weighted by Crippen LogP contribution is -2.33. The Hall–Kier alpha value is -7.78. The number of fused-ring (bicyclic) bond motifs is 6. The lowest BCUT2D eigenvalue weighted by atomic mass is 10.1. The summed E-state index contributed by atoms with van der Waals surface area (Å²) in [5.74, 6) is 2.93. The monoisotopic (exact) mass is 790 g/mol. The van der Waals surface area contributed by atoms with Gasteiger partial charge in [-0.05, 0) is 35.4 Å². The van der Waals surface area contributed by atoms with Gasteiger partial charge in [-0.2, -0.15) is 0 Å². The summed E-state index contributed by atoms with van der Waals surface area (Å²) in [6.07, 6.45) is 8.37. The van der Waals surface area contributed by atoms with Gasteiger partial charge in [0.25, 0.3) is 5.91 Å². The van der Waals surface area contributed by atoms with E-state index in [1.807, 2.05) is 131 Å². The summed E-state index contributed by atoms with van der Waals surface area (Å²) >= 11 is 0. The van der Waals surface area contributed by atoms with E-state index in [0.29, 0.717) is 36.8 Å². The molecule has 0 saturated carbocycles. The third kappa shape index (κ3) is 8.95. The van der Waals surface area contributed by atoms with E-state index in [9.17, 15) is 9.59 Å². The first-order valence-electron chi connectivity index (χ1n) is 18.7. The number of hydrogen-bond acceptors (Lipinski definition) is 11. The second-order valence-corrected chi connectivity index (χ2v) is 13.5. The Morgan fingerprint density at radius 1 is 0.661 bits per heavy atom. The Morgan fingerprint density at radius 2 is 1.15 bits per heavy atom. The zero-order valence-corrected chi connectivity index (χ0v) is 31.5. The zero-order chi connectivity index (χ0) is 40.6. The molecule has 8 aromatic rings. The number of ether oxygens (including phenoxy) is 2. The average Bonchev–Trinajstić information content (AvgIpc) is 4.10. The van der Waals surface area contributed by atoms with Crippen molar-refractivity contribution in [3.63, 3.8) is 0 Å². The number of aromatic nitrogens is 6. The van der Waals surface area contributed by atoms with Crippen LogP contribution in [0.15, 0.2) is 155 Å². The summed E-state index contributed by atoms with van der Waals surface area (Å²) < 4.78 is 25.7. The molecule has 15 nitrogen and oxygen atoms in total. The van der Waals surface area contributed by atoms with Crippen LogP contribution in [-0.4, -0.2) is 59.6 Å². The van der Waals surface area contributed by atoms with E-state index in [0.717, 1.165) is 39.8 Å². The highest BCUT2D eigenvalue weighted by Crippen LogP contribution is 2.31. The van der Waals surface area contributed by atoms with Crippen LogP contribution in [0, 0.1) is 0 Å². The summed E-state index contributed by atoms with van der Waals surface area (Å²) in [6.45, 7) is 0.739. The van der Waals surface area contributed by atoms with E-state index in [4.69, 9.17) is 29.4 Å². The Balaban J connectivity index is 0.000000136. The molecular weight excluding hydrogens is 753 g/mol. The third-order valence-corrected chi connectivity index (χ3v) is 9.37. The molecule has 0 bridgehead atoms. The number of aromatic carboxylic acids is 1. The van der Waals surface area contributed by atoms with E-state index >= 15 is 0 Å². The van der Waals surface area contributed by atoms with Gasteiger partial charge < -0.3 is 34.7 Å². The number of rotatable bonds is 7. The standard InChI is InChI=1S/C22H18N4O3.C11H11N3O.C11H9NO3/c27-22(17-13-16(29-25-17)12-15-6-2-1-3-7-15)24-18-14-28-20-9-5-4-8-19(20)26-11-10-23-21(18)26;12-8-7-15-10-4-2-1-3-9(10)14-6-5-13-11(8)14;13-11(14)10-7-9(15-12-10)6-8-4-2-1-3-5-8/h1-11,13,18H,12,14H2,(H,24,27);1-6,8H,7,12H2;1-5,7H,6H2,(H,13,14)/t18-;8-;/m00./s1. The minimum atomic E-state index is -1.07. The SMILES string of the molecule is N[C@H]1COc2ccccc2-n2ccnc21.O=C(N[C@H]1COc2ccccc2-n2ccnc21)c1cc(Cc2ccccc2)on1.O=C(O)c1cc(Cc2ccccc2)on1. The quantitative estimate of drug-likeness (QED) is 0.158. The van der Waals surface area contributed by atoms with E-state index in [-0.39, 0.29) is 29.9 Å². The van der Waals surface area contributed by atoms with Gasteiger partial charge in [-0.15, -0.1) is 0 Å². The van der Waals surface area contributed by atoms with Gasteiger partial charge in [0, 0.05) is 49.8 Å². The number of carbonyl (C=O) groups is 2. The maximum atomic E-state index is 12.8. The molecule has 2 aliphatic heterocycles. The maximum absolute atomic E-state index is 12.8. The highest BCUT2D eigenvalue weighted by molar-refractivity contribution is 5.92. The molecule has 0 fully saturated rings. The normalized spacial score (nSPS) is 14.7. The Labute approximate surface area is 337 Å². The van der Waals surface area contributed by atoms with Crippen LogP contribution < -0.4 is 20.5 Å². The molecule has 296 valence electrons. The molecule has 4 aromatic carbocycles. The molecule has 4 N–H and O–H groups in total. The number of nitrogens with zero attached hydrogens (tertiary/aromatic N) is 6. The van der Waals surface area contributed by atoms with Crippen LogP contribution in [0.2, 0.25) is 0 Å². The zero-order valence-electron chi connectivity index (χ0n) is 31.5. The summed E-state index contributed by atoms with van der Waals surface area (Å²) in [5.41, 5.74) is 10.2. The number of carboxylic acid groups (broad SMARTS) is 1. The van der Waals surface area contributed by atoms with Crippen LogP contribution in [0.4, 0.5) is 0 Å². The number of benzene rings is 4. The third-order valence-electron chi connectivity index (χ3n) is 9.37. The van der Waals surface area contributed by atoms with Crippen molar-refractivity contribution >= 4 is 11.9 Å². The molecule has 4 aromatic heterocycles. The van der Waals surface area contributed by atoms with E-state index < -0.39 is 12.0 Å². The van der Waals surface area contributed by atoms with Crippen molar-refractivity contribution in [1.82, 2.24) is 34.7 Å². The van der Waals surface area contributed by atoms with Crippen molar-refractivity contribution in [3.8, 4) is 22.9 Å². The van der Waals surface area contributed by atoms with Crippen molar-refractivity contribution in [2.24, 2.45) is 5.73 Å². The molecule has 10 rings (SSSR count). The molecule has 15 heteroatoms. The molecule has 59 heavy (non-hydrogen) atoms. The van der Waals surface area contributed by atoms with Crippen molar-refractivity contribution in [3.05, 3.63) is 192 Å². The fourth-order valence-corrected chi connectivity index (χ4v) is 6.56. The van der Waals surface area contributed by atoms with Crippen molar-refractivity contribution in [2.45, 2.75) is 24.9 Å². The van der Waals surface area contributed by atoms with Crippen LogP contribution in [0.3, 0.4) is 0 Å². The smallest absolute Gasteiger partial charge is 0.358 e. The fraction of sp³-hybridized carbons (Fsp3) is 0.136. The number of hydrogen-bond donors (Lipinski definition) is 3. The van der Waals surface area contributed by atoms with Crippen LogP contribution in [-0.2, 0) is 12.8 Å². The first kappa shape index (κ1) is 38.1. The van der Waals surface area contributed by atoms with E-state index in [2.05, 4.69) is 25.6 Å². The minimum absolute atomic E-state index is 0.0547. The average molecular weight is 791 g/mol. The predicted molar refractivity (Wildman–Crippen MR) is 214 cm³/mol. The van der Waals surface area contributed by atoms with Crippen molar-refractivity contribution < 1.29 is 33.2 Å².